The van der Waals surface area contributed by atoms with E-state index in [9.17, 15) is 0 Å². The first-order chi connectivity index (χ1) is 7.27. The molecule has 0 atom stereocenters. The number of hydrogen-bond acceptors (Lipinski definition) is 2. The van der Waals surface area contributed by atoms with E-state index in [-0.39, 0.29) is 0 Å². The zero-order valence-electron chi connectivity index (χ0n) is 9.37. The lowest BCUT2D eigenvalue weighted by Gasteiger charge is -2.18. The number of para-hydroxylation sites is 1. The first-order valence-electron chi connectivity index (χ1n) is 5.37. The molecule has 0 saturated carbocycles. The molecule has 0 N–H and O–H groups in total. The fourth-order valence-corrected chi connectivity index (χ4v) is 1.58. The van der Waals surface area contributed by atoms with Crippen molar-refractivity contribution in [3.63, 3.8) is 0 Å². The Labute approximate surface area is 96.8 Å². The maximum atomic E-state index is 5.97. The predicted molar refractivity (Wildman–Crippen MR) is 64.7 cm³/mol. The molecule has 0 saturated heterocycles. The minimum absolute atomic E-state index is 0.678. The second-order valence-corrected chi connectivity index (χ2v) is 3.71. The van der Waals surface area contributed by atoms with Crippen LogP contribution in [0.1, 0.15) is 13.8 Å². The molecule has 0 heterocycles. The summed E-state index contributed by atoms with van der Waals surface area (Å²) in [4.78, 5) is 2.32. The summed E-state index contributed by atoms with van der Waals surface area (Å²) in [6.07, 6.45) is 0. The van der Waals surface area contributed by atoms with Gasteiger partial charge in [0.1, 0.15) is 12.4 Å². The SMILES string of the molecule is CCN(CC)CCOc1ccccc1Cl. The Bertz CT molecular complexity index is 287. The molecule has 0 aromatic heterocycles. The van der Waals surface area contributed by atoms with Crippen molar-refractivity contribution in [2.45, 2.75) is 13.8 Å². The van der Waals surface area contributed by atoms with Crippen molar-refractivity contribution in [2.24, 2.45) is 0 Å². The van der Waals surface area contributed by atoms with Gasteiger partial charge in [-0.2, -0.15) is 0 Å². The molecule has 0 aliphatic rings. The van der Waals surface area contributed by atoms with Crippen molar-refractivity contribution in [3.05, 3.63) is 29.3 Å². The molecule has 0 spiro atoms. The standard InChI is InChI=1S/C12H18ClNO/c1-3-14(4-2)9-10-15-12-8-6-5-7-11(12)13/h5-8H,3-4,9-10H2,1-2H3. The second kappa shape index (κ2) is 6.70. The summed E-state index contributed by atoms with van der Waals surface area (Å²) < 4.78 is 5.60. The lowest BCUT2D eigenvalue weighted by Crippen LogP contribution is -2.27. The normalized spacial score (nSPS) is 10.7. The maximum Gasteiger partial charge on any atom is 0.137 e. The quantitative estimate of drug-likeness (QED) is 0.741. The van der Waals surface area contributed by atoms with Crippen molar-refractivity contribution in [2.75, 3.05) is 26.2 Å². The van der Waals surface area contributed by atoms with E-state index < -0.39 is 0 Å². The van der Waals surface area contributed by atoms with Gasteiger partial charge in [-0.15, -0.1) is 0 Å². The third-order valence-corrected chi connectivity index (χ3v) is 2.71. The number of halogens is 1. The molecule has 0 aliphatic heterocycles. The Morgan fingerprint density at radius 3 is 2.47 bits per heavy atom. The van der Waals surface area contributed by atoms with Crippen LogP contribution in [0.5, 0.6) is 5.75 Å². The lowest BCUT2D eigenvalue weighted by molar-refractivity contribution is 0.223. The van der Waals surface area contributed by atoms with E-state index in [2.05, 4.69) is 18.7 Å². The number of hydrogen-bond donors (Lipinski definition) is 0. The van der Waals surface area contributed by atoms with Gasteiger partial charge in [-0.3, -0.25) is 0 Å². The Morgan fingerprint density at radius 1 is 1.20 bits per heavy atom. The van der Waals surface area contributed by atoms with Gasteiger partial charge in [0, 0.05) is 6.54 Å². The molecular weight excluding hydrogens is 210 g/mol. The molecule has 0 bridgehead atoms. The van der Waals surface area contributed by atoms with Crippen LogP contribution < -0.4 is 4.74 Å². The van der Waals surface area contributed by atoms with Crippen LogP contribution in [0.2, 0.25) is 5.02 Å². The molecule has 1 aromatic carbocycles. The highest BCUT2D eigenvalue weighted by Gasteiger charge is 2.01. The summed E-state index contributed by atoms with van der Waals surface area (Å²) in [6, 6.07) is 7.57. The molecule has 0 fully saturated rings. The van der Waals surface area contributed by atoms with Gasteiger partial charge in [0.15, 0.2) is 0 Å². The van der Waals surface area contributed by atoms with Crippen LogP contribution in [-0.4, -0.2) is 31.1 Å². The second-order valence-electron chi connectivity index (χ2n) is 3.31. The van der Waals surface area contributed by atoms with Crippen LogP contribution in [-0.2, 0) is 0 Å². The first-order valence-corrected chi connectivity index (χ1v) is 5.75. The first kappa shape index (κ1) is 12.3. The van der Waals surface area contributed by atoms with Crippen molar-refractivity contribution in [3.8, 4) is 5.75 Å². The van der Waals surface area contributed by atoms with E-state index in [1.807, 2.05) is 24.3 Å². The van der Waals surface area contributed by atoms with Crippen LogP contribution in [0.25, 0.3) is 0 Å². The summed E-state index contributed by atoms with van der Waals surface area (Å²) in [5.74, 6) is 0.770. The molecule has 1 aromatic rings. The maximum absolute atomic E-state index is 5.97. The van der Waals surface area contributed by atoms with Crippen LogP contribution >= 0.6 is 11.6 Å². The van der Waals surface area contributed by atoms with Gasteiger partial charge in [-0.1, -0.05) is 37.6 Å². The minimum atomic E-state index is 0.678. The van der Waals surface area contributed by atoms with E-state index in [1.54, 1.807) is 0 Å². The number of rotatable bonds is 6. The van der Waals surface area contributed by atoms with Crippen LogP contribution in [0.3, 0.4) is 0 Å². The average molecular weight is 228 g/mol. The third kappa shape index (κ3) is 4.10. The number of likely N-dealkylation sites (N-methyl/N-ethyl adjacent to an activating group) is 1. The number of benzene rings is 1. The minimum Gasteiger partial charge on any atom is -0.491 e. The Kier molecular flexibility index (Phi) is 5.51. The van der Waals surface area contributed by atoms with E-state index in [4.69, 9.17) is 16.3 Å². The van der Waals surface area contributed by atoms with Crippen molar-refractivity contribution in [1.29, 1.82) is 0 Å². The monoisotopic (exact) mass is 227 g/mol. The molecule has 1 rings (SSSR count). The van der Waals surface area contributed by atoms with Gasteiger partial charge in [0.05, 0.1) is 5.02 Å². The smallest absolute Gasteiger partial charge is 0.137 e. The highest BCUT2D eigenvalue weighted by molar-refractivity contribution is 6.32. The van der Waals surface area contributed by atoms with Crippen LogP contribution in [0, 0.1) is 0 Å². The van der Waals surface area contributed by atoms with E-state index in [0.717, 1.165) is 25.4 Å². The van der Waals surface area contributed by atoms with Gasteiger partial charge in [-0.05, 0) is 25.2 Å². The van der Waals surface area contributed by atoms with Gasteiger partial charge in [-0.25, -0.2) is 0 Å². The van der Waals surface area contributed by atoms with Gasteiger partial charge in [0.25, 0.3) is 0 Å². The largest absolute Gasteiger partial charge is 0.491 e. The molecule has 0 amide bonds. The molecule has 0 radical (unpaired) electrons. The highest BCUT2D eigenvalue weighted by atomic mass is 35.5. The van der Waals surface area contributed by atoms with Gasteiger partial charge in [0.2, 0.25) is 0 Å². The summed E-state index contributed by atoms with van der Waals surface area (Å²) in [7, 11) is 0. The van der Waals surface area contributed by atoms with E-state index in [0.29, 0.717) is 11.6 Å². The highest BCUT2D eigenvalue weighted by Crippen LogP contribution is 2.22. The summed E-state index contributed by atoms with van der Waals surface area (Å²) in [5, 5.41) is 0.678. The predicted octanol–water partition coefficient (Wildman–Crippen LogP) is 3.06. The molecule has 15 heavy (non-hydrogen) atoms. The fourth-order valence-electron chi connectivity index (χ4n) is 1.39. The van der Waals surface area contributed by atoms with E-state index >= 15 is 0 Å². The van der Waals surface area contributed by atoms with E-state index in [1.165, 1.54) is 0 Å². The molecule has 3 heteroatoms. The lowest BCUT2D eigenvalue weighted by atomic mass is 10.3. The zero-order valence-corrected chi connectivity index (χ0v) is 10.1. The molecule has 0 unspecified atom stereocenters. The summed E-state index contributed by atoms with van der Waals surface area (Å²) in [5.41, 5.74) is 0. The third-order valence-electron chi connectivity index (χ3n) is 2.40. The Hall–Kier alpha value is -0.730. The molecular formula is C12H18ClNO. The summed E-state index contributed by atoms with van der Waals surface area (Å²) >= 11 is 5.97. The zero-order chi connectivity index (χ0) is 11.1. The van der Waals surface area contributed by atoms with Crippen molar-refractivity contribution < 1.29 is 4.74 Å². The average Bonchev–Trinajstić information content (AvgIpc) is 2.27. The topological polar surface area (TPSA) is 12.5 Å². The van der Waals surface area contributed by atoms with Crippen molar-refractivity contribution in [1.82, 2.24) is 4.90 Å². The number of nitrogens with zero attached hydrogens (tertiary/aromatic N) is 1. The molecule has 0 aliphatic carbocycles. The number of ether oxygens (including phenoxy) is 1. The Balaban J connectivity index is 2.34. The van der Waals surface area contributed by atoms with Crippen LogP contribution in [0.4, 0.5) is 0 Å². The Morgan fingerprint density at radius 2 is 1.87 bits per heavy atom. The van der Waals surface area contributed by atoms with Crippen molar-refractivity contribution >= 4 is 11.6 Å². The van der Waals surface area contributed by atoms with Crippen LogP contribution in [0.15, 0.2) is 24.3 Å². The van der Waals surface area contributed by atoms with Gasteiger partial charge >= 0.3 is 0 Å². The fraction of sp³-hybridized carbons (Fsp3) is 0.500. The molecule has 2 nitrogen and oxygen atoms in total. The summed E-state index contributed by atoms with van der Waals surface area (Å²) in [6.45, 7) is 8.05. The molecule has 84 valence electrons. The van der Waals surface area contributed by atoms with Gasteiger partial charge < -0.3 is 9.64 Å².